The van der Waals surface area contributed by atoms with Crippen molar-refractivity contribution in [3.05, 3.63) is 41.2 Å². The fourth-order valence-corrected chi connectivity index (χ4v) is 2.42. The van der Waals surface area contributed by atoms with Gasteiger partial charge in [0.25, 0.3) is 0 Å². The number of aryl methyl sites for hydroxylation is 1. The van der Waals surface area contributed by atoms with Gasteiger partial charge in [0.15, 0.2) is 5.13 Å². The number of amides is 1. The van der Waals surface area contributed by atoms with Crippen LogP contribution in [-0.2, 0) is 17.8 Å². The molecule has 0 saturated heterocycles. The van der Waals surface area contributed by atoms with Crippen LogP contribution in [0.15, 0.2) is 29.9 Å². The van der Waals surface area contributed by atoms with Crippen molar-refractivity contribution in [1.82, 2.24) is 14.9 Å². The van der Waals surface area contributed by atoms with Crippen LogP contribution >= 0.6 is 11.3 Å². The largest absolute Gasteiger partial charge is 0.302 e. The number of hydrogen-bond donors (Lipinski definition) is 1. The van der Waals surface area contributed by atoms with Gasteiger partial charge in [-0.15, -0.1) is 11.3 Å². The van der Waals surface area contributed by atoms with Crippen LogP contribution in [0.1, 0.15) is 24.6 Å². The normalized spacial score (nSPS) is 10.8. The second kappa shape index (κ2) is 7.85. The van der Waals surface area contributed by atoms with E-state index < -0.39 is 0 Å². The highest BCUT2D eigenvalue weighted by Crippen LogP contribution is 2.10. The molecule has 6 heteroatoms. The summed E-state index contributed by atoms with van der Waals surface area (Å²) in [5.41, 5.74) is 2.26. The number of carbonyl (C=O) groups is 1. The van der Waals surface area contributed by atoms with Crippen molar-refractivity contribution in [1.29, 1.82) is 0 Å². The topological polar surface area (TPSA) is 58.1 Å². The van der Waals surface area contributed by atoms with Gasteiger partial charge in [-0.1, -0.05) is 13.0 Å². The molecule has 0 aliphatic heterocycles. The van der Waals surface area contributed by atoms with Crippen LogP contribution in [0.3, 0.4) is 0 Å². The summed E-state index contributed by atoms with van der Waals surface area (Å²) in [5.74, 6) is -0.00825. The minimum absolute atomic E-state index is 0.00825. The Morgan fingerprint density at radius 3 is 2.86 bits per heavy atom. The molecule has 21 heavy (non-hydrogen) atoms. The molecule has 0 atom stereocenters. The first-order chi connectivity index (χ1) is 10.2. The second-order valence-electron chi connectivity index (χ2n) is 4.88. The van der Waals surface area contributed by atoms with E-state index in [4.69, 9.17) is 0 Å². The molecule has 5 nitrogen and oxygen atoms in total. The molecule has 0 aliphatic carbocycles. The predicted octanol–water partition coefficient (Wildman–Crippen LogP) is 2.56. The van der Waals surface area contributed by atoms with E-state index in [0.717, 1.165) is 18.7 Å². The molecule has 1 amide bonds. The number of hydrogen-bond acceptors (Lipinski definition) is 5. The fourth-order valence-electron chi connectivity index (χ4n) is 1.87. The van der Waals surface area contributed by atoms with E-state index in [0.29, 0.717) is 18.1 Å². The number of rotatable bonds is 7. The molecule has 1 N–H and O–H groups in total. The van der Waals surface area contributed by atoms with Gasteiger partial charge >= 0.3 is 0 Å². The molecule has 2 aromatic heterocycles. The summed E-state index contributed by atoms with van der Waals surface area (Å²) in [7, 11) is 1.99. The molecule has 2 aromatic rings. The number of carbonyl (C=O) groups excluding carboxylic acids is 1. The average Bonchev–Trinajstić information content (AvgIpc) is 2.99. The van der Waals surface area contributed by atoms with Gasteiger partial charge in [0.05, 0.1) is 5.69 Å². The van der Waals surface area contributed by atoms with Gasteiger partial charge in [0.2, 0.25) is 5.91 Å². The third-order valence-electron chi connectivity index (χ3n) is 3.13. The second-order valence-corrected chi connectivity index (χ2v) is 5.78. The lowest BCUT2D eigenvalue weighted by Gasteiger charge is -2.15. The number of nitrogens with one attached hydrogen (secondary N) is 1. The van der Waals surface area contributed by atoms with Gasteiger partial charge in [-0.3, -0.25) is 9.78 Å². The number of aromatic nitrogens is 2. The van der Waals surface area contributed by atoms with Crippen LogP contribution in [0.5, 0.6) is 0 Å². The van der Waals surface area contributed by atoms with Gasteiger partial charge in [-0.2, -0.15) is 0 Å². The van der Waals surface area contributed by atoms with Crippen LogP contribution in [0.25, 0.3) is 0 Å². The van der Waals surface area contributed by atoms with E-state index in [9.17, 15) is 4.79 Å². The third-order valence-corrected chi connectivity index (χ3v) is 3.81. The van der Waals surface area contributed by atoms with Gasteiger partial charge in [-0.05, 0) is 25.1 Å². The zero-order chi connectivity index (χ0) is 15.1. The van der Waals surface area contributed by atoms with E-state index in [-0.39, 0.29) is 5.91 Å². The summed E-state index contributed by atoms with van der Waals surface area (Å²) in [6.45, 7) is 3.55. The maximum atomic E-state index is 11.8. The molecule has 112 valence electrons. The molecule has 0 bridgehead atoms. The van der Waals surface area contributed by atoms with Crippen LogP contribution < -0.4 is 5.32 Å². The Morgan fingerprint density at radius 2 is 2.24 bits per heavy atom. The lowest BCUT2D eigenvalue weighted by atomic mass is 10.2. The molecule has 0 aromatic carbocycles. The number of nitrogens with zero attached hydrogens (tertiary/aromatic N) is 3. The molecule has 2 rings (SSSR count). The van der Waals surface area contributed by atoms with Crippen molar-refractivity contribution >= 4 is 22.4 Å². The van der Waals surface area contributed by atoms with E-state index in [2.05, 4.69) is 33.2 Å². The zero-order valence-electron chi connectivity index (χ0n) is 12.4. The van der Waals surface area contributed by atoms with Gasteiger partial charge < -0.3 is 10.2 Å². The average molecular weight is 304 g/mol. The number of thiazole rings is 1. The minimum Gasteiger partial charge on any atom is -0.302 e. The highest BCUT2D eigenvalue weighted by atomic mass is 32.1. The Morgan fingerprint density at radius 1 is 1.38 bits per heavy atom. The Balaban J connectivity index is 1.73. The Kier molecular flexibility index (Phi) is 5.83. The Bertz CT molecular complexity index is 554. The lowest BCUT2D eigenvalue weighted by molar-refractivity contribution is -0.116. The summed E-state index contributed by atoms with van der Waals surface area (Å²) in [5, 5.41) is 5.28. The number of pyridine rings is 1. The highest BCUT2D eigenvalue weighted by Gasteiger charge is 2.07. The van der Waals surface area contributed by atoms with Crippen LogP contribution in [0.2, 0.25) is 0 Å². The van der Waals surface area contributed by atoms with E-state index >= 15 is 0 Å². The van der Waals surface area contributed by atoms with Gasteiger partial charge in [0.1, 0.15) is 0 Å². The van der Waals surface area contributed by atoms with Crippen LogP contribution in [-0.4, -0.2) is 34.4 Å². The van der Waals surface area contributed by atoms with Crippen molar-refractivity contribution < 1.29 is 4.79 Å². The molecule has 0 radical (unpaired) electrons. The molecule has 0 spiro atoms. The molecule has 2 heterocycles. The first kappa shape index (κ1) is 15.6. The molecule has 0 saturated carbocycles. The Hall–Kier alpha value is -1.79. The van der Waals surface area contributed by atoms with Gasteiger partial charge in [-0.25, -0.2) is 4.98 Å². The molecule has 0 unspecified atom stereocenters. The molecular weight excluding hydrogens is 284 g/mol. The van der Waals surface area contributed by atoms with Crippen molar-refractivity contribution in [2.75, 3.05) is 18.9 Å². The summed E-state index contributed by atoms with van der Waals surface area (Å²) in [4.78, 5) is 22.3. The smallest absolute Gasteiger partial charge is 0.227 e. The molecule has 0 aliphatic rings. The highest BCUT2D eigenvalue weighted by molar-refractivity contribution is 7.13. The zero-order valence-corrected chi connectivity index (χ0v) is 13.2. The first-order valence-electron chi connectivity index (χ1n) is 6.99. The monoisotopic (exact) mass is 304 g/mol. The van der Waals surface area contributed by atoms with Crippen molar-refractivity contribution in [2.45, 2.75) is 26.3 Å². The van der Waals surface area contributed by atoms with Crippen LogP contribution in [0.4, 0.5) is 5.13 Å². The SMILES string of the molecule is CCc1ccc(CN(C)CCC(=O)Nc2nccs2)nc1. The van der Waals surface area contributed by atoms with Crippen molar-refractivity contribution in [3.8, 4) is 0 Å². The van der Waals surface area contributed by atoms with E-state index in [1.807, 2.05) is 24.7 Å². The third kappa shape index (κ3) is 5.24. The van der Waals surface area contributed by atoms with Crippen molar-refractivity contribution in [2.24, 2.45) is 0 Å². The first-order valence-corrected chi connectivity index (χ1v) is 7.87. The lowest BCUT2D eigenvalue weighted by Crippen LogP contribution is -2.24. The summed E-state index contributed by atoms with van der Waals surface area (Å²) in [6.07, 6.45) is 5.04. The van der Waals surface area contributed by atoms with E-state index in [1.54, 1.807) is 6.20 Å². The summed E-state index contributed by atoms with van der Waals surface area (Å²) >= 11 is 1.42. The number of anilines is 1. The predicted molar refractivity (Wildman–Crippen MR) is 85.3 cm³/mol. The standard InChI is InChI=1S/C15H20N4OS/c1-3-12-4-5-13(17-10-12)11-19(2)8-6-14(20)18-15-16-7-9-21-15/h4-5,7,9-10H,3,6,8,11H2,1-2H3,(H,16,18,20). The van der Waals surface area contributed by atoms with Crippen molar-refractivity contribution in [3.63, 3.8) is 0 Å². The van der Waals surface area contributed by atoms with Gasteiger partial charge in [0, 0.05) is 37.3 Å². The van der Waals surface area contributed by atoms with E-state index in [1.165, 1.54) is 16.9 Å². The molecule has 0 fully saturated rings. The summed E-state index contributed by atoms with van der Waals surface area (Å²) in [6, 6.07) is 4.15. The summed E-state index contributed by atoms with van der Waals surface area (Å²) < 4.78 is 0. The molecular formula is C15H20N4OS. The fraction of sp³-hybridized carbons (Fsp3) is 0.400. The minimum atomic E-state index is -0.00825. The maximum Gasteiger partial charge on any atom is 0.227 e. The van der Waals surface area contributed by atoms with Crippen LogP contribution in [0, 0.1) is 0 Å². The maximum absolute atomic E-state index is 11.8. The Labute approximate surface area is 129 Å². The quantitative estimate of drug-likeness (QED) is 0.854.